The summed E-state index contributed by atoms with van der Waals surface area (Å²) in [6, 6.07) is 8.03. The summed E-state index contributed by atoms with van der Waals surface area (Å²) in [4.78, 5) is 4.02. The van der Waals surface area contributed by atoms with E-state index in [9.17, 15) is 0 Å². The Kier molecular flexibility index (Phi) is 5.42. The second-order valence-electron chi connectivity index (χ2n) is 4.70. The van der Waals surface area contributed by atoms with Gasteiger partial charge in [0.05, 0.1) is 19.2 Å². The van der Waals surface area contributed by atoms with Crippen LogP contribution < -0.4 is 14.8 Å². The monoisotopic (exact) mass is 306 g/mol. The number of benzene rings is 1. The van der Waals surface area contributed by atoms with Crippen molar-refractivity contribution in [3.05, 3.63) is 52.8 Å². The van der Waals surface area contributed by atoms with Crippen molar-refractivity contribution < 1.29 is 9.47 Å². The van der Waals surface area contributed by atoms with Gasteiger partial charge in [-0.15, -0.1) is 0 Å². The van der Waals surface area contributed by atoms with Crippen LogP contribution in [0.25, 0.3) is 0 Å². The van der Waals surface area contributed by atoms with Crippen molar-refractivity contribution in [3.63, 3.8) is 0 Å². The average Bonchev–Trinajstić information content (AvgIpc) is 2.52. The summed E-state index contributed by atoms with van der Waals surface area (Å²) in [7, 11) is 3.18. The zero-order valence-corrected chi connectivity index (χ0v) is 13.1. The normalized spacial score (nSPS) is 12.0. The molecule has 112 valence electrons. The third-order valence-electron chi connectivity index (χ3n) is 3.31. The van der Waals surface area contributed by atoms with Crippen LogP contribution in [0.15, 0.2) is 36.7 Å². The van der Waals surface area contributed by atoms with E-state index < -0.39 is 0 Å². The van der Waals surface area contributed by atoms with E-state index in [4.69, 9.17) is 21.1 Å². The fraction of sp³-hybridized carbons (Fsp3) is 0.312. The molecule has 2 aromatic rings. The largest absolute Gasteiger partial charge is 0.493 e. The molecule has 5 heteroatoms. The van der Waals surface area contributed by atoms with Crippen molar-refractivity contribution in [2.24, 2.45) is 0 Å². The topological polar surface area (TPSA) is 43.4 Å². The summed E-state index contributed by atoms with van der Waals surface area (Å²) in [5.41, 5.74) is 2.23. The van der Waals surface area contributed by atoms with Gasteiger partial charge in [0.15, 0.2) is 11.5 Å². The molecule has 1 atom stereocenters. The summed E-state index contributed by atoms with van der Waals surface area (Å²) in [6.07, 6.45) is 3.58. The van der Waals surface area contributed by atoms with E-state index in [0.29, 0.717) is 23.1 Å². The Morgan fingerprint density at radius 3 is 2.52 bits per heavy atom. The van der Waals surface area contributed by atoms with Crippen LogP contribution in [-0.2, 0) is 6.54 Å². The molecule has 1 heterocycles. The highest BCUT2D eigenvalue weighted by atomic mass is 35.5. The van der Waals surface area contributed by atoms with Gasteiger partial charge >= 0.3 is 0 Å². The Hall–Kier alpha value is -1.78. The molecule has 0 radical (unpaired) electrons. The average molecular weight is 307 g/mol. The quantitative estimate of drug-likeness (QED) is 0.885. The molecular weight excluding hydrogens is 288 g/mol. The van der Waals surface area contributed by atoms with Gasteiger partial charge in [-0.25, -0.2) is 0 Å². The summed E-state index contributed by atoms with van der Waals surface area (Å²) >= 11 is 6.20. The lowest BCUT2D eigenvalue weighted by molar-refractivity contribution is 0.354. The highest BCUT2D eigenvalue weighted by Gasteiger charge is 2.11. The minimum absolute atomic E-state index is 0.222. The van der Waals surface area contributed by atoms with E-state index >= 15 is 0 Å². The number of nitrogens with zero attached hydrogens (tertiary/aromatic N) is 1. The summed E-state index contributed by atoms with van der Waals surface area (Å²) in [5.74, 6) is 1.20. The highest BCUT2D eigenvalue weighted by Crippen LogP contribution is 2.36. The number of aromatic nitrogens is 1. The van der Waals surface area contributed by atoms with Crippen LogP contribution in [0.2, 0.25) is 5.02 Å². The van der Waals surface area contributed by atoms with Crippen LogP contribution in [0.3, 0.4) is 0 Å². The Labute approximate surface area is 130 Å². The maximum atomic E-state index is 6.20. The van der Waals surface area contributed by atoms with Gasteiger partial charge in [0.25, 0.3) is 0 Å². The number of ether oxygens (including phenoxy) is 2. The van der Waals surface area contributed by atoms with E-state index in [0.717, 1.165) is 5.56 Å². The predicted molar refractivity (Wildman–Crippen MR) is 84.0 cm³/mol. The minimum atomic E-state index is 0.222. The van der Waals surface area contributed by atoms with Crippen LogP contribution in [-0.4, -0.2) is 19.2 Å². The number of hydrogen-bond donors (Lipinski definition) is 1. The van der Waals surface area contributed by atoms with Gasteiger partial charge in [-0.2, -0.15) is 0 Å². The molecule has 0 saturated heterocycles. The molecule has 1 aromatic carbocycles. The van der Waals surface area contributed by atoms with E-state index in [1.165, 1.54) is 5.56 Å². The van der Waals surface area contributed by atoms with E-state index in [-0.39, 0.29) is 6.04 Å². The Morgan fingerprint density at radius 1 is 1.19 bits per heavy atom. The second-order valence-corrected chi connectivity index (χ2v) is 5.10. The van der Waals surface area contributed by atoms with Crippen molar-refractivity contribution in [2.75, 3.05) is 14.2 Å². The first kappa shape index (κ1) is 15.6. The zero-order chi connectivity index (χ0) is 15.2. The molecule has 0 amide bonds. The minimum Gasteiger partial charge on any atom is -0.493 e. The Morgan fingerprint density at radius 2 is 1.90 bits per heavy atom. The van der Waals surface area contributed by atoms with Crippen molar-refractivity contribution in [3.8, 4) is 11.5 Å². The third-order valence-corrected chi connectivity index (χ3v) is 3.59. The number of nitrogens with one attached hydrogen (secondary N) is 1. The number of halogens is 1. The van der Waals surface area contributed by atoms with Crippen LogP contribution >= 0.6 is 11.6 Å². The molecule has 0 aliphatic rings. The molecule has 0 saturated carbocycles. The molecule has 0 aliphatic carbocycles. The van der Waals surface area contributed by atoms with Gasteiger partial charge in [0, 0.05) is 25.0 Å². The van der Waals surface area contributed by atoms with E-state index in [1.54, 1.807) is 26.6 Å². The predicted octanol–water partition coefficient (Wildman–Crippen LogP) is 3.60. The molecule has 4 nitrogen and oxygen atoms in total. The van der Waals surface area contributed by atoms with Crippen LogP contribution in [0.4, 0.5) is 0 Å². The van der Waals surface area contributed by atoms with Gasteiger partial charge in [-0.3, -0.25) is 4.98 Å². The van der Waals surface area contributed by atoms with E-state index in [1.807, 2.05) is 24.3 Å². The van der Waals surface area contributed by atoms with Gasteiger partial charge in [-0.05, 0) is 42.3 Å². The van der Waals surface area contributed by atoms with Crippen molar-refractivity contribution in [1.29, 1.82) is 0 Å². The van der Waals surface area contributed by atoms with Gasteiger partial charge in [0.2, 0.25) is 0 Å². The molecule has 1 N–H and O–H groups in total. The maximum absolute atomic E-state index is 6.20. The first-order valence-electron chi connectivity index (χ1n) is 6.69. The van der Waals surface area contributed by atoms with Gasteiger partial charge in [-0.1, -0.05) is 11.6 Å². The first-order chi connectivity index (χ1) is 10.2. The van der Waals surface area contributed by atoms with Gasteiger partial charge in [0.1, 0.15) is 0 Å². The zero-order valence-electron chi connectivity index (χ0n) is 12.4. The molecule has 1 aromatic heterocycles. The van der Waals surface area contributed by atoms with Crippen molar-refractivity contribution in [1.82, 2.24) is 10.3 Å². The lowest BCUT2D eigenvalue weighted by Crippen LogP contribution is -2.18. The summed E-state index contributed by atoms with van der Waals surface area (Å²) in [5, 5.41) is 3.99. The molecule has 0 aliphatic heterocycles. The maximum Gasteiger partial charge on any atom is 0.179 e. The molecule has 2 rings (SSSR count). The number of rotatable bonds is 6. The fourth-order valence-corrected chi connectivity index (χ4v) is 2.42. The SMILES string of the molecule is COc1cc(CNC(C)c2ccncc2)cc(Cl)c1OC. The molecule has 0 fully saturated rings. The standard InChI is InChI=1S/C16H19ClN2O2/c1-11(13-4-6-18-7-5-13)19-10-12-8-14(17)16(21-3)15(9-12)20-2/h4-9,11,19H,10H2,1-3H3. The lowest BCUT2D eigenvalue weighted by Gasteiger charge is -2.16. The summed E-state index contributed by atoms with van der Waals surface area (Å²) in [6.45, 7) is 2.79. The number of methoxy groups -OCH3 is 2. The van der Waals surface area contributed by atoms with Crippen molar-refractivity contribution >= 4 is 11.6 Å². The molecule has 0 bridgehead atoms. The second kappa shape index (κ2) is 7.29. The number of pyridine rings is 1. The smallest absolute Gasteiger partial charge is 0.179 e. The lowest BCUT2D eigenvalue weighted by atomic mass is 10.1. The van der Waals surface area contributed by atoms with Crippen LogP contribution in [0.1, 0.15) is 24.1 Å². The first-order valence-corrected chi connectivity index (χ1v) is 7.07. The van der Waals surface area contributed by atoms with Crippen LogP contribution in [0.5, 0.6) is 11.5 Å². The molecular formula is C16H19ClN2O2. The third kappa shape index (κ3) is 3.86. The van der Waals surface area contributed by atoms with Crippen molar-refractivity contribution in [2.45, 2.75) is 19.5 Å². The van der Waals surface area contributed by atoms with E-state index in [2.05, 4.69) is 17.2 Å². The molecule has 1 unspecified atom stereocenters. The van der Waals surface area contributed by atoms with Gasteiger partial charge < -0.3 is 14.8 Å². The Bertz CT molecular complexity index is 590. The summed E-state index contributed by atoms with van der Waals surface area (Å²) < 4.78 is 10.5. The van der Waals surface area contributed by atoms with Crippen LogP contribution in [0, 0.1) is 0 Å². The number of hydrogen-bond acceptors (Lipinski definition) is 4. The fourth-order valence-electron chi connectivity index (χ4n) is 2.11. The molecule has 0 spiro atoms. The highest BCUT2D eigenvalue weighted by molar-refractivity contribution is 6.32. The molecule has 21 heavy (non-hydrogen) atoms. The Balaban J connectivity index is 2.08.